The number of hydrogen-bond acceptors (Lipinski definition) is 3. The Hall–Kier alpha value is -0.770. The molecule has 0 rings (SSSR count). The summed E-state index contributed by atoms with van der Waals surface area (Å²) in [5.74, 6) is 0. The fourth-order valence-electron chi connectivity index (χ4n) is 0.475. The van der Waals surface area contributed by atoms with Crippen LogP contribution in [0.5, 0.6) is 0 Å². The molecule has 0 fully saturated rings. The molecular formula is C6H14N2O2. The van der Waals surface area contributed by atoms with Gasteiger partial charge >= 0.3 is 6.09 Å². The highest BCUT2D eigenvalue weighted by molar-refractivity contribution is 5.66. The van der Waals surface area contributed by atoms with E-state index in [9.17, 15) is 4.79 Å². The molecule has 3 N–H and O–H groups in total. The molecule has 0 aliphatic rings. The smallest absolute Gasteiger partial charge is 0.407 e. The highest BCUT2D eigenvalue weighted by Gasteiger charge is 1.95. The zero-order chi connectivity index (χ0) is 7.82. The van der Waals surface area contributed by atoms with Gasteiger partial charge in [0.2, 0.25) is 0 Å². The molecule has 0 aliphatic carbocycles. The zero-order valence-electron chi connectivity index (χ0n) is 6.22. The Bertz CT molecular complexity index is 95.7. The summed E-state index contributed by atoms with van der Waals surface area (Å²) in [4.78, 5) is 10.5. The van der Waals surface area contributed by atoms with E-state index in [1.54, 1.807) is 6.92 Å². The summed E-state index contributed by atoms with van der Waals surface area (Å²) in [5.41, 5.74) is 5.20. The van der Waals surface area contributed by atoms with Crippen LogP contribution in [0.2, 0.25) is 0 Å². The van der Waals surface area contributed by atoms with Crippen molar-refractivity contribution in [2.45, 2.75) is 13.3 Å². The first-order valence-corrected chi connectivity index (χ1v) is 3.42. The lowest BCUT2D eigenvalue weighted by Gasteiger charge is -2.02. The van der Waals surface area contributed by atoms with Crippen molar-refractivity contribution in [3.63, 3.8) is 0 Å². The fraction of sp³-hybridized carbons (Fsp3) is 0.833. The molecule has 0 saturated heterocycles. The Balaban J connectivity index is 3.05. The average molecular weight is 146 g/mol. The standard InChI is InChI=1S/C6H14N2O2/c1-2-10-6(9)8-5-3-4-7/h2-5,7H2,1H3,(H,8,9). The van der Waals surface area contributed by atoms with Crippen molar-refractivity contribution in [2.75, 3.05) is 19.7 Å². The molecule has 4 heteroatoms. The van der Waals surface area contributed by atoms with Crippen LogP contribution in [-0.2, 0) is 4.74 Å². The first-order chi connectivity index (χ1) is 4.81. The summed E-state index contributed by atoms with van der Waals surface area (Å²) in [7, 11) is 0. The predicted molar refractivity (Wildman–Crippen MR) is 38.7 cm³/mol. The lowest BCUT2D eigenvalue weighted by molar-refractivity contribution is 0.152. The summed E-state index contributed by atoms with van der Waals surface area (Å²) < 4.78 is 4.60. The molecule has 0 saturated carbocycles. The van der Waals surface area contributed by atoms with Gasteiger partial charge in [0.15, 0.2) is 0 Å². The first-order valence-electron chi connectivity index (χ1n) is 3.42. The molecule has 0 atom stereocenters. The lowest BCUT2D eigenvalue weighted by Crippen LogP contribution is -2.26. The molecule has 4 nitrogen and oxygen atoms in total. The van der Waals surface area contributed by atoms with Crippen molar-refractivity contribution >= 4 is 6.09 Å². The molecule has 0 aromatic heterocycles. The Kier molecular flexibility index (Phi) is 5.86. The van der Waals surface area contributed by atoms with Crippen molar-refractivity contribution in [3.8, 4) is 0 Å². The summed E-state index contributed by atoms with van der Waals surface area (Å²) in [6.07, 6.45) is 0.426. The van der Waals surface area contributed by atoms with Crippen molar-refractivity contribution < 1.29 is 9.53 Å². The Morgan fingerprint density at radius 3 is 2.90 bits per heavy atom. The van der Waals surface area contributed by atoms with Gasteiger partial charge in [-0.1, -0.05) is 0 Å². The van der Waals surface area contributed by atoms with E-state index in [0.717, 1.165) is 6.42 Å². The van der Waals surface area contributed by atoms with Crippen LogP contribution >= 0.6 is 0 Å². The number of amides is 1. The van der Waals surface area contributed by atoms with Gasteiger partial charge in [-0.2, -0.15) is 0 Å². The minimum Gasteiger partial charge on any atom is -0.450 e. The number of alkyl carbamates (subject to hydrolysis) is 1. The number of rotatable bonds is 4. The maximum atomic E-state index is 10.5. The summed E-state index contributed by atoms with van der Waals surface area (Å²) >= 11 is 0. The highest BCUT2D eigenvalue weighted by Crippen LogP contribution is 1.76. The monoisotopic (exact) mass is 146 g/mol. The third-order valence-corrected chi connectivity index (χ3v) is 0.926. The molecule has 0 radical (unpaired) electrons. The molecule has 60 valence electrons. The van der Waals surface area contributed by atoms with Gasteiger partial charge in [-0.05, 0) is 19.9 Å². The van der Waals surface area contributed by atoms with Crippen molar-refractivity contribution in [3.05, 3.63) is 0 Å². The van der Waals surface area contributed by atoms with Gasteiger partial charge in [0.05, 0.1) is 6.61 Å². The van der Waals surface area contributed by atoms with Crippen LogP contribution in [-0.4, -0.2) is 25.8 Å². The summed E-state index contributed by atoms with van der Waals surface area (Å²) in [5, 5.41) is 2.54. The Morgan fingerprint density at radius 2 is 2.40 bits per heavy atom. The summed E-state index contributed by atoms with van der Waals surface area (Å²) in [6.45, 7) is 3.36. The third kappa shape index (κ3) is 5.37. The summed E-state index contributed by atoms with van der Waals surface area (Å²) in [6, 6.07) is 0. The number of ether oxygens (including phenoxy) is 1. The fourth-order valence-corrected chi connectivity index (χ4v) is 0.475. The normalized spacial score (nSPS) is 9.00. The van der Waals surface area contributed by atoms with Gasteiger partial charge in [-0.15, -0.1) is 0 Å². The maximum Gasteiger partial charge on any atom is 0.407 e. The predicted octanol–water partition coefficient (Wildman–Crippen LogP) is 0.0813. The molecule has 0 bridgehead atoms. The van der Waals surface area contributed by atoms with Crippen LogP contribution in [0, 0.1) is 0 Å². The Labute approximate surface area is 60.7 Å². The van der Waals surface area contributed by atoms with Crippen molar-refractivity contribution in [1.29, 1.82) is 0 Å². The van der Waals surface area contributed by atoms with Gasteiger partial charge in [-0.3, -0.25) is 0 Å². The van der Waals surface area contributed by atoms with Crippen LogP contribution in [0.4, 0.5) is 4.79 Å². The molecule has 0 spiro atoms. The molecule has 0 unspecified atom stereocenters. The number of carbonyl (C=O) groups is 1. The van der Waals surface area contributed by atoms with E-state index >= 15 is 0 Å². The lowest BCUT2D eigenvalue weighted by atomic mass is 10.4. The second-order valence-electron chi connectivity index (χ2n) is 1.79. The number of nitrogens with two attached hydrogens (primary N) is 1. The number of carbonyl (C=O) groups excluding carboxylic acids is 1. The van der Waals surface area contributed by atoms with E-state index in [1.807, 2.05) is 0 Å². The van der Waals surface area contributed by atoms with E-state index in [1.165, 1.54) is 0 Å². The molecule has 1 amide bonds. The topological polar surface area (TPSA) is 64.3 Å². The second kappa shape index (κ2) is 6.35. The molecule has 10 heavy (non-hydrogen) atoms. The molecule has 0 aliphatic heterocycles. The van der Waals surface area contributed by atoms with E-state index < -0.39 is 0 Å². The van der Waals surface area contributed by atoms with Gasteiger partial charge in [-0.25, -0.2) is 4.79 Å². The van der Waals surface area contributed by atoms with Gasteiger partial charge < -0.3 is 15.8 Å². The molecule has 0 aromatic carbocycles. The van der Waals surface area contributed by atoms with Crippen molar-refractivity contribution in [1.82, 2.24) is 5.32 Å². The number of hydrogen-bond donors (Lipinski definition) is 2. The van der Waals surface area contributed by atoms with Gasteiger partial charge in [0, 0.05) is 6.54 Å². The zero-order valence-corrected chi connectivity index (χ0v) is 6.22. The van der Waals surface area contributed by atoms with Crippen LogP contribution < -0.4 is 11.1 Å². The van der Waals surface area contributed by atoms with Crippen LogP contribution in [0.1, 0.15) is 13.3 Å². The Morgan fingerprint density at radius 1 is 1.70 bits per heavy atom. The van der Waals surface area contributed by atoms with Crippen molar-refractivity contribution in [2.24, 2.45) is 5.73 Å². The van der Waals surface area contributed by atoms with Crippen LogP contribution in [0.25, 0.3) is 0 Å². The molecule has 0 aromatic rings. The highest BCUT2D eigenvalue weighted by atomic mass is 16.5. The molecular weight excluding hydrogens is 132 g/mol. The average Bonchev–Trinajstić information content (AvgIpc) is 1.89. The van der Waals surface area contributed by atoms with Gasteiger partial charge in [0.25, 0.3) is 0 Å². The third-order valence-electron chi connectivity index (χ3n) is 0.926. The quantitative estimate of drug-likeness (QED) is 0.552. The van der Waals surface area contributed by atoms with E-state index in [2.05, 4.69) is 10.1 Å². The second-order valence-corrected chi connectivity index (χ2v) is 1.79. The van der Waals surface area contributed by atoms with Gasteiger partial charge in [0.1, 0.15) is 0 Å². The largest absolute Gasteiger partial charge is 0.450 e. The minimum absolute atomic E-state index is 0.365. The van der Waals surface area contributed by atoms with E-state index in [4.69, 9.17) is 5.73 Å². The van der Waals surface area contributed by atoms with E-state index in [0.29, 0.717) is 19.7 Å². The minimum atomic E-state index is -0.365. The SMILES string of the molecule is CCOC(=O)NCCCN. The van der Waals surface area contributed by atoms with Crippen LogP contribution in [0.15, 0.2) is 0 Å². The first kappa shape index (κ1) is 9.23. The molecule has 0 heterocycles. The van der Waals surface area contributed by atoms with Crippen LogP contribution in [0.3, 0.4) is 0 Å². The number of nitrogens with one attached hydrogen (secondary N) is 1. The maximum absolute atomic E-state index is 10.5. The van der Waals surface area contributed by atoms with E-state index in [-0.39, 0.29) is 6.09 Å².